The molecule has 3 rings (SSSR count). The van der Waals surface area contributed by atoms with Crippen molar-refractivity contribution in [2.45, 2.75) is 0 Å². The Bertz CT molecular complexity index is 829. The minimum Gasteiger partial charge on any atom is -0.476 e. The maximum absolute atomic E-state index is 13.0. The molecule has 0 saturated carbocycles. The minimum atomic E-state index is -1.16. The van der Waals surface area contributed by atoms with E-state index >= 15 is 0 Å². The third kappa shape index (κ3) is 5.15. The second-order valence-corrected chi connectivity index (χ2v) is 5.94. The molecule has 0 spiro atoms. The van der Waals surface area contributed by atoms with Crippen LogP contribution in [0, 0.1) is 5.82 Å². The van der Waals surface area contributed by atoms with Crippen LogP contribution in [-0.2, 0) is 9.53 Å². The average Bonchev–Trinajstić information content (AvgIpc) is 2.70. The molecule has 6 nitrogen and oxygen atoms in total. The number of nitrogens with zero attached hydrogens (tertiary/aromatic N) is 2. The molecule has 27 heavy (non-hydrogen) atoms. The van der Waals surface area contributed by atoms with Crippen LogP contribution in [0.5, 0.6) is 0 Å². The van der Waals surface area contributed by atoms with Crippen LogP contribution in [0.4, 0.5) is 10.1 Å². The Morgan fingerprint density at radius 3 is 2.41 bits per heavy atom. The summed E-state index contributed by atoms with van der Waals surface area (Å²) < 4.78 is 18.4. The summed E-state index contributed by atoms with van der Waals surface area (Å²) in [5.74, 6) is -1.53. The van der Waals surface area contributed by atoms with E-state index in [4.69, 9.17) is 4.74 Å². The van der Waals surface area contributed by atoms with Crippen LogP contribution in [0.1, 0.15) is 5.56 Å². The first-order valence-corrected chi connectivity index (χ1v) is 8.55. The number of anilines is 1. The number of hydrogen-bond donors (Lipinski definition) is 2. The van der Waals surface area contributed by atoms with Gasteiger partial charge in [0.2, 0.25) is 0 Å². The Morgan fingerprint density at radius 2 is 1.78 bits per heavy atom. The normalized spacial score (nSPS) is 15.5. The number of benzene rings is 2. The topological polar surface area (TPSA) is 74.2 Å². The van der Waals surface area contributed by atoms with Crippen molar-refractivity contribution in [1.29, 1.82) is 0 Å². The van der Waals surface area contributed by atoms with Crippen LogP contribution >= 0.6 is 0 Å². The number of rotatable bonds is 6. The van der Waals surface area contributed by atoms with Gasteiger partial charge in [-0.05, 0) is 29.8 Å². The third-order valence-corrected chi connectivity index (χ3v) is 4.04. The van der Waals surface area contributed by atoms with Gasteiger partial charge < -0.3 is 14.7 Å². The number of hydrogen-bond acceptors (Lipinski definition) is 5. The number of ether oxygens (including phenoxy) is 1. The van der Waals surface area contributed by atoms with E-state index in [0.717, 1.165) is 5.56 Å². The quantitative estimate of drug-likeness (QED) is 0.605. The summed E-state index contributed by atoms with van der Waals surface area (Å²) in [6, 6.07) is 14.8. The molecule has 0 amide bonds. The molecule has 1 heterocycles. The molecule has 0 bridgehead atoms. The van der Waals surface area contributed by atoms with Crippen molar-refractivity contribution in [3.63, 3.8) is 0 Å². The maximum Gasteiger partial charge on any atom is 0.357 e. The van der Waals surface area contributed by atoms with E-state index in [1.165, 1.54) is 24.3 Å². The second-order valence-electron chi connectivity index (χ2n) is 5.94. The van der Waals surface area contributed by atoms with E-state index in [9.17, 15) is 14.3 Å². The molecule has 0 radical (unpaired) electrons. The molecule has 1 aliphatic rings. The Balaban J connectivity index is 1.95. The van der Waals surface area contributed by atoms with Gasteiger partial charge in [-0.3, -0.25) is 5.43 Å². The number of carboxylic acid groups (broad SMARTS) is 1. The Hall–Kier alpha value is -3.19. The SMILES string of the molecule is O=C(O)C(=N\Nc1ccc(F)cc1)/C(=C/N1CCOCC1)c1ccccc1. The number of hydrazone groups is 1. The summed E-state index contributed by atoms with van der Waals surface area (Å²) in [6.07, 6.45) is 1.80. The van der Waals surface area contributed by atoms with E-state index in [1.807, 2.05) is 35.2 Å². The second kappa shape index (κ2) is 8.95. The highest BCUT2D eigenvalue weighted by Gasteiger charge is 2.20. The molecule has 1 fully saturated rings. The zero-order valence-electron chi connectivity index (χ0n) is 14.6. The summed E-state index contributed by atoms with van der Waals surface area (Å²) >= 11 is 0. The lowest BCUT2D eigenvalue weighted by Gasteiger charge is -2.26. The van der Waals surface area contributed by atoms with Crippen LogP contribution < -0.4 is 5.43 Å². The van der Waals surface area contributed by atoms with Gasteiger partial charge in [-0.1, -0.05) is 30.3 Å². The summed E-state index contributed by atoms with van der Waals surface area (Å²) in [4.78, 5) is 13.9. The van der Waals surface area contributed by atoms with Gasteiger partial charge in [-0.2, -0.15) is 5.10 Å². The van der Waals surface area contributed by atoms with Crippen LogP contribution in [-0.4, -0.2) is 48.0 Å². The smallest absolute Gasteiger partial charge is 0.357 e. The van der Waals surface area contributed by atoms with E-state index in [0.29, 0.717) is 37.6 Å². The standard InChI is InChI=1S/C20H20FN3O3/c21-16-6-8-17(9-7-16)22-23-19(20(25)26)18(15-4-2-1-3-5-15)14-24-10-12-27-13-11-24/h1-9,14,22H,10-13H2,(H,25,26)/b18-14+,23-19-. The van der Waals surface area contributed by atoms with Gasteiger partial charge >= 0.3 is 5.97 Å². The molecular formula is C20H20FN3O3. The highest BCUT2D eigenvalue weighted by molar-refractivity contribution is 6.53. The number of aliphatic carboxylic acids is 1. The van der Waals surface area contributed by atoms with Crippen LogP contribution in [0.2, 0.25) is 0 Å². The van der Waals surface area contributed by atoms with Crippen molar-refractivity contribution in [3.05, 3.63) is 72.2 Å². The van der Waals surface area contributed by atoms with Crippen molar-refractivity contribution in [2.75, 3.05) is 31.7 Å². The van der Waals surface area contributed by atoms with E-state index in [-0.39, 0.29) is 11.5 Å². The van der Waals surface area contributed by atoms with Crippen LogP contribution in [0.25, 0.3) is 5.57 Å². The number of carbonyl (C=O) groups is 1. The van der Waals surface area contributed by atoms with Crippen molar-refractivity contribution in [2.24, 2.45) is 5.10 Å². The van der Waals surface area contributed by atoms with Crippen molar-refractivity contribution >= 4 is 22.9 Å². The zero-order chi connectivity index (χ0) is 19.1. The molecule has 0 aliphatic carbocycles. The van der Waals surface area contributed by atoms with E-state index in [1.54, 1.807) is 6.20 Å². The predicted octanol–water partition coefficient (Wildman–Crippen LogP) is 3.05. The lowest BCUT2D eigenvalue weighted by atomic mass is 10.0. The first-order chi connectivity index (χ1) is 13.1. The van der Waals surface area contributed by atoms with Gasteiger partial charge in [0.15, 0.2) is 5.71 Å². The molecule has 2 aromatic rings. The van der Waals surface area contributed by atoms with Crippen molar-refractivity contribution < 1.29 is 19.0 Å². The molecule has 0 atom stereocenters. The molecule has 1 aliphatic heterocycles. The monoisotopic (exact) mass is 369 g/mol. The molecule has 140 valence electrons. The van der Waals surface area contributed by atoms with Gasteiger partial charge in [0.25, 0.3) is 0 Å². The van der Waals surface area contributed by atoms with Crippen molar-refractivity contribution in [1.82, 2.24) is 4.90 Å². The Morgan fingerprint density at radius 1 is 1.11 bits per heavy atom. The summed E-state index contributed by atoms with van der Waals surface area (Å²) in [5, 5.41) is 13.8. The molecule has 1 saturated heterocycles. The summed E-state index contributed by atoms with van der Waals surface area (Å²) in [5.41, 5.74) is 4.29. The average molecular weight is 369 g/mol. The summed E-state index contributed by atoms with van der Waals surface area (Å²) in [6.45, 7) is 2.53. The van der Waals surface area contributed by atoms with Gasteiger partial charge in [-0.15, -0.1) is 0 Å². The Labute approximate surface area is 156 Å². The van der Waals surface area contributed by atoms with Crippen LogP contribution in [0.15, 0.2) is 65.9 Å². The van der Waals surface area contributed by atoms with Gasteiger partial charge in [0, 0.05) is 24.9 Å². The first kappa shape index (κ1) is 18.6. The lowest BCUT2D eigenvalue weighted by molar-refractivity contribution is -0.129. The molecular weight excluding hydrogens is 349 g/mol. The maximum atomic E-state index is 13.0. The number of halogens is 1. The van der Waals surface area contributed by atoms with Gasteiger partial charge in [0.1, 0.15) is 5.82 Å². The minimum absolute atomic E-state index is 0.128. The highest BCUT2D eigenvalue weighted by atomic mass is 19.1. The first-order valence-electron chi connectivity index (χ1n) is 8.55. The van der Waals surface area contributed by atoms with Gasteiger partial charge in [0.05, 0.1) is 18.9 Å². The van der Waals surface area contributed by atoms with Gasteiger partial charge in [-0.25, -0.2) is 9.18 Å². The molecule has 0 unspecified atom stereocenters. The fourth-order valence-corrected chi connectivity index (χ4v) is 2.65. The predicted molar refractivity (Wildman–Crippen MR) is 102 cm³/mol. The largest absolute Gasteiger partial charge is 0.476 e. The van der Waals surface area contributed by atoms with E-state index < -0.39 is 5.97 Å². The van der Waals surface area contributed by atoms with E-state index in [2.05, 4.69) is 10.5 Å². The fourth-order valence-electron chi connectivity index (χ4n) is 2.65. The zero-order valence-corrected chi connectivity index (χ0v) is 14.6. The lowest BCUT2D eigenvalue weighted by Crippen LogP contribution is -2.33. The Kier molecular flexibility index (Phi) is 6.17. The van der Waals surface area contributed by atoms with Crippen LogP contribution in [0.3, 0.4) is 0 Å². The number of morpholine rings is 1. The number of carboxylic acids is 1. The summed E-state index contributed by atoms with van der Waals surface area (Å²) in [7, 11) is 0. The van der Waals surface area contributed by atoms with Crippen molar-refractivity contribution in [3.8, 4) is 0 Å². The fraction of sp³-hybridized carbons (Fsp3) is 0.200. The molecule has 2 N–H and O–H groups in total. The number of nitrogens with one attached hydrogen (secondary N) is 1. The molecule has 0 aromatic heterocycles. The third-order valence-electron chi connectivity index (χ3n) is 4.04. The highest BCUT2D eigenvalue weighted by Crippen LogP contribution is 2.19. The molecule has 2 aromatic carbocycles. The molecule has 7 heteroatoms.